The van der Waals surface area contributed by atoms with E-state index in [9.17, 15) is 4.79 Å². The molecule has 0 unspecified atom stereocenters. The van der Waals surface area contributed by atoms with Gasteiger partial charge in [-0.05, 0) is 38.1 Å². The van der Waals surface area contributed by atoms with Crippen LogP contribution in [0.5, 0.6) is 0 Å². The van der Waals surface area contributed by atoms with Crippen LogP contribution in [0.2, 0.25) is 5.02 Å². The molecule has 5 heteroatoms. The summed E-state index contributed by atoms with van der Waals surface area (Å²) in [4.78, 5) is 12.6. The molecule has 0 aliphatic carbocycles. The SMILES string of the molecule is Cc1nn(C)c(C)c1C(=O)c1cc2cc(Cl)ccc2o1. The molecule has 3 rings (SSSR count). The Hall–Kier alpha value is -2.07. The highest BCUT2D eigenvalue weighted by Gasteiger charge is 2.22. The van der Waals surface area contributed by atoms with Gasteiger partial charge >= 0.3 is 0 Å². The summed E-state index contributed by atoms with van der Waals surface area (Å²) in [6, 6.07) is 7.00. The summed E-state index contributed by atoms with van der Waals surface area (Å²) in [6.45, 7) is 3.69. The number of aryl methyl sites for hydroxylation is 2. The van der Waals surface area contributed by atoms with Crippen molar-refractivity contribution in [1.82, 2.24) is 9.78 Å². The smallest absolute Gasteiger partial charge is 0.231 e. The predicted molar refractivity (Wildman–Crippen MR) is 77.3 cm³/mol. The molecular weight excluding hydrogens is 276 g/mol. The molecule has 102 valence electrons. The number of fused-ring (bicyclic) bond motifs is 1. The monoisotopic (exact) mass is 288 g/mol. The molecule has 2 aromatic heterocycles. The molecular formula is C15H13ClN2O2. The Balaban J connectivity index is 2.12. The Morgan fingerprint density at radius 1 is 1.30 bits per heavy atom. The molecule has 0 amide bonds. The number of nitrogens with zero attached hydrogens (tertiary/aromatic N) is 2. The molecule has 0 fully saturated rings. The first-order valence-corrected chi connectivity index (χ1v) is 6.59. The second-order valence-electron chi connectivity index (χ2n) is 4.79. The highest BCUT2D eigenvalue weighted by molar-refractivity contribution is 6.31. The van der Waals surface area contributed by atoms with Crippen LogP contribution in [0.1, 0.15) is 27.5 Å². The number of rotatable bonds is 2. The third kappa shape index (κ3) is 1.93. The first-order valence-electron chi connectivity index (χ1n) is 6.21. The van der Waals surface area contributed by atoms with Gasteiger partial charge in [-0.15, -0.1) is 0 Å². The van der Waals surface area contributed by atoms with E-state index in [2.05, 4.69) is 5.10 Å². The van der Waals surface area contributed by atoms with E-state index in [4.69, 9.17) is 16.0 Å². The second-order valence-corrected chi connectivity index (χ2v) is 5.23. The lowest BCUT2D eigenvalue weighted by Gasteiger charge is -1.98. The van der Waals surface area contributed by atoms with Gasteiger partial charge in [-0.25, -0.2) is 0 Å². The fraction of sp³-hybridized carbons (Fsp3) is 0.200. The molecule has 0 saturated heterocycles. The first-order chi connectivity index (χ1) is 9.47. The Morgan fingerprint density at radius 2 is 2.05 bits per heavy atom. The predicted octanol–water partition coefficient (Wildman–Crippen LogP) is 3.67. The maximum absolute atomic E-state index is 12.6. The van der Waals surface area contributed by atoms with Crippen molar-refractivity contribution in [2.75, 3.05) is 0 Å². The Morgan fingerprint density at radius 3 is 2.70 bits per heavy atom. The van der Waals surface area contributed by atoms with E-state index >= 15 is 0 Å². The normalized spacial score (nSPS) is 11.2. The van der Waals surface area contributed by atoms with Crippen LogP contribution < -0.4 is 0 Å². The number of aromatic nitrogens is 2. The number of hydrogen-bond donors (Lipinski definition) is 0. The van der Waals surface area contributed by atoms with Crippen molar-refractivity contribution in [1.29, 1.82) is 0 Å². The van der Waals surface area contributed by atoms with Gasteiger partial charge in [-0.3, -0.25) is 9.48 Å². The molecule has 0 N–H and O–H groups in total. The minimum Gasteiger partial charge on any atom is -0.453 e. The van der Waals surface area contributed by atoms with Gasteiger partial charge in [0.25, 0.3) is 0 Å². The van der Waals surface area contributed by atoms with Gasteiger partial charge in [0, 0.05) is 23.2 Å². The van der Waals surface area contributed by atoms with Crippen molar-refractivity contribution in [2.24, 2.45) is 7.05 Å². The molecule has 20 heavy (non-hydrogen) atoms. The quantitative estimate of drug-likeness (QED) is 0.676. The zero-order valence-electron chi connectivity index (χ0n) is 11.4. The molecule has 0 radical (unpaired) electrons. The summed E-state index contributed by atoms with van der Waals surface area (Å²) in [5.41, 5.74) is 2.77. The minimum atomic E-state index is -0.152. The summed E-state index contributed by atoms with van der Waals surface area (Å²) in [5.74, 6) is 0.155. The van der Waals surface area contributed by atoms with E-state index in [0.29, 0.717) is 27.6 Å². The molecule has 0 bridgehead atoms. The van der Waals surface area contributed by atoms with Crippen molar-refractivity contribution in [3.05, 3.63) is 52.0 Å². The molecule has 4 nitrogen and oxygen atoms in total. The van der Waals surface area contributed by atoms with Crippen LogP contribution in [-0.4, -0.2) is 15.6 Å². The summed E-state index contributed by atoms with van der Waals surface area (Å²) in [6.07, 6.45) is 0. The minimum absolute atomic E-state index is 0.152. The molecule has 1 aromatic carbocycles. The lowest BCUT2D eigenvalue weighted by atomic mass is 10.1. The van der Waals surface area contributed by atoms with E-state index in [-0.39, 0.29) is 5.78 Å². The zero-order chi connectivity index (χ0) is 14.4. The zero-order valence-corrected chi connectivity index (χ0v) is 12.2. The molecule has 0 atom stereocenters. The van der Waals surface area contributed by atoms with Crippen molar-refractivity contribution >= 4 is 28.4 Å². The molecule has 3 aromatic rings. The summed E-state index contributed by atoms with van der Waals surface area (Å²) >= 11 is 5.94. The number of hydrogen-bond acceptors (Lipinski definition) is 3. The number of halogens is 1. The standard InChI is InChI=1S/C15H13ClN2O2/c1-8-14(9(2)18(3)17-8)15(19)13-7-10-6-11(16)4-5-12(10)20-13/h4-7H,1-3H3. The van der Waals surface area contributed by atoms with Gasteiger partial charge in [-0.1, -0.05) is 11.6 Å². The lowest BCUT2D eigenvalue weighted by molar-refractivity contribution is 0.101. The molecule has 0 aliphatic heterocycles. The highest BCUT2D eigenvalue weighted by Crippen LogP contribution is 2.26. The summed E-state index contributed by atoms with van der Waals surface area (Å²) in [7, 11) is 1.82. The van der Waals surface area contributed by atoms with Crippen LogP contribution in [0.15, 0.2) is 28.7 Å². The molecule has 0 saturated carbocycles. The van der Waals surface area contributed by atoms with Crippen molar-refractivity contribution in [2.45, 2.75) is 13.8 Å². The average molecular weight is 289 g/mol. The van der Waals surface area contributed by atoms with Gasteiger partial charge in [-0.2, -0.15) is 5.10 Å². The van der Waals surface area contributed by atoms with Crippen LogP contribution in [0, 0.1) is 13.8 Å². The van der Waals surface area contributed by atoms with E-state index in [1.165, 1.54) is 0 Å². The summed E-state index contributed by atoms with van der Waals surface area (Å²) in [5, 5.41) is 5.69. The van der Waals surface area contributed by atoms with Gasteiger partial charge in [0.05, 0.1) is 11.3 Å². The number of ketones is 1. The van der Waals surface area contributed by atoms with Crippen LogP contribution in [0.3, 0.4) is 0 Å². The largest absolute Gasteiger partial charge is 0.453 e. The fourth-order valence-corrected chi connectivity index (χ4v) is 2.53. The van der Waals surface area contributed by atoms with Crippen molar-refractivity contribution < 1.29 is 9.21 Å². The molecule has 0 spiro atoms. The molecule has 0 aliphatic rings. The molecule has 2 heterocycles. The topological polar surface area (TPSA) is 48.0 Å². The van der Waals surface area contributed by atoms with E-state index < -0.39 is 0 Å². The van der Waals surface area contributed by atoms with Crippen LogP contribution in [0.4, 0.5) is 0 Å². The van der Waals surface area contributed by atoms with Crippen LogP contribution >= 0.6 is 11.6 Å². The van der Waals surface area contributed by atoms with Gasteiger partial charge < -0.3 is 4.42 Å². The maximum atomic E-state index is 12.6. The van der Waals surface area contributed by atoms with Crippen LogP contribution in [-0.2, 0) is 7.05 Å². The number of carbonyl (C=O) groups excluding carboxylic acids is 1. The van der Waals surface area contributed by atoms with Gasteiger partial charge in [0.1, 0.15) is 5.58 Å². The van der Waals surface area contributed by atoms with Crippen molar-refractivity contribution in [3.63, 3.8) is 0 Å². The second kappa shape index (κ2) is 4.49. The van der Waals surface area contributed by atoms with E-state index in [1.54, 1.807) is 28.9 Å². The van der Waals surface area contributed by atoms with Crippen LogP contribution in [0.25, 0.3) is 11.0 Å². The van der Waals surface area contributed by atoms with Crippen molar-refractivity contribution in [3.8, 4) is 0 Å². The Kier molecular flexibility index (Phi) is 2.91. The average Bonchev–Trinajstić information content (AvgIpc) is 2.91. The first kappa shape index (κ1) is 12.9. The fourth-order valence-electron chi connectivity index (χ4n) is 2.35. The third-order valence-electron chi connectivity index (χ3n) is 3.44. The summed E-state index contributed by atoms with van der Waals surface area (Å²) < 4.78 is 7.31. The van der Waals surface area contributed by atoms with Gasteiger partial charge in [0.2, 0.25) is 5.78 Å². The third-order valence-corrected chi connectivity index (χ3v) is 3.67. The van der Waals surface area contributed by atoms with E-state index in [0.717, 1.165) is 11.1 Å². The van der Waals surface area contributed by atoms with Gasteiger partial charge in [0.15, 0.2) is 5.76 Å². The van der Waals surface area contributed by atoms with E-state index in [1.807, 2.05) is 20.9 Å². The Bertz CT molecular complexity index is 830. The number of furan rings is 1. The maximum Gasteiger partial charge on any atom is 0.231 e. The number of benzene rings is 1. The lowest BCUT2D eigenvalue weighted by Crippen LogP contribution is -2.03. The highest BCUT2D eigenvalue weighted by atomic mass is 35.5. The Labute approximate surface area is 120 Å². The number of carbonyl (C=O) groups is 1.